The Balaban J connectivity index is -0.000000532. The summed E-state index contributed by atoms with van der Waals surface area (Å²) in [5.41, 5.74) is 0. The molecule has 1 unspecified atom stereocenters. The van der Waals surface area contributed by atoms with Crippen LogP contribution in [0.25, 0.3) is 0 Å². The van der Waals surface area contributed by atoms with E-state index in [1.807, 2.05) is 0 Å². The maximum atomic E-state index is 10.9. The molecule has 0 spiro atoms. The molecule has 0 radical (unpaired) electrons. The Hall–Kier alpha value is -0.770. The van der Waals surface area contributed by atoms with Gasteiger partial charge in [0, 0.05) is 6.42 Å². The highest BCUT2D eigenvalue weighted by atomic mass is 16.4. The lowest BCUT2D eigenvalue weighted by molar-refractivity contribution is -0.138. The van der Waals surface area contributed by atoms with Gasteiger partial charge in [-0.05, 0) is 18.8 Å². The van der Waals surface area contributed by atoms with Gasteiger partial charge in [-0.2, -0.15) is 0 Å². The first-order valence-electron chi connectivity index (χ1n) is 11.8. The molecule has 0 aromatic carbocycles. The van der Waals surface area contributed by atoms with Crippen molar-refractivity contribution in [3.63, 3.8) is 0 Å². The van der Waals surface area contributed by atoms with Gasteiger partial charge in [0.05, 0.1) is 26.4 Å². The van der Waals surface area contributed by atoms with Crippen LogP contribution in [0.5, 0.6) is 0 Å². The molecule has 0 amide bonds. The Morgan fingerprint density at radius 2 is 0.935 bits per heavy atom. The molecule has 0 fully saturated rings. The Labute approximate surface area is 189 Å². The molecular formula is C23H50O8. The third-order valence-electron chi connectivity index (χ3n) is 4.74. The fourth-order valence-corrected chi connectivity index (χ4v) is 2.78. The van der Waals surface area contributed by atoms with Crippen LogP contribution in [0.1, 0.15) is 97.3 Å². The van der Waals surface area contributed by atoms with Crippen molar-refractivity contribution in [3.05, 3.63) is 0 Å². The number of hydrogen-bond donors (Lipinski definition) is 7. The fourth-order valence-electron chi connectivity index (χ4n) is 2.78. The van der Waals surface area contributed by atoms with Crippen LogP contribution in [0.2, 0.25) is 0 Å². The number of aliphatic carboxylic acids is 1. The summed E-state index contributed by atoms with van der Waals surface area (Å²) in [4.78, 5) is 10.9. The molecule has 0 aromatic heterocycles. The van der Waals surface area contributed by atoms with E-state index in [0.717, 1.165) is 12.8 Å². The first kappa shape index (κ1) is 34.8. The molecule has 1 atom stereocenters. The lowest BCUT2D eigenvalue weighted by Gasteiger charge is -2.14. The third-order valence-corrected chi connectivity index (χ3v) is 4.74. The number of aliphatic hydroxyl groups excluding tert-OH is 6. The van der Waals surface area contributed by atoms with Gasteiger partial charge >= 0.3 is 5.97 Å². The maximum Gasteiger partial charge on any atom is 0.303 e. The number of hydrogen-bond acceptors (Lipinski definition) is 7. The van der Waals surface area contributed by atoms with Crippen LogP contribution in [0.4, 0.5) is 0 Å². The minimum atomic E-state index is -0.954. The van der Waals surface area contributed by atoms with Crippen LogP contribution in [0, 0.1) is 5.92 Å². The zero-order valence-electron chi connectivity index (χ0n) is 19.8. The zero-order chi connectivity index (χ0) is 24.3. The van der Waals surface area contributed by atoms with Crippen LogP contribution in [-0.4, -0.2) is 80.4 Å². The van der Waals surface area contributed by atoms with E-state index in [4.69, 9.17) is 35.7 Å². The van der Waals surface area contributed by atoms with E-state index < -0.39 is 18.2 Å². The van der Waals surface area contributed by atoms with Crippen LogP contribution < -0.4 is 0 Å². The van der Waals surface area contributed by atoms with Crippen LogP contribution in [0.15, 0.2) is 0 Å². The molecule has 0 aliphatic rings. The summed E-state index contributed by atoms with van der Waals surface area (Å²) < 4.78 is 0. The van der Waals surface area contributed by atoms with E-state index in [2.05, 4.69) is 13.8 Å². The molecule has 0 rings (SSSR count). The van der Waals surface area contributed by atoms with Crippen LogP contribution in [0.3, 0.4) is 0 Å². The molecule has 0 bridgehead atoms. The molecule has 31 heavy (non-hydrogen) atoms. The summed E-state index contributed by atoms with van der Waals surface area (Å²) in [6.07, 6.45) is 13.5. The van der Waals surface area contributed by atoms with Gasteiger partial charge in [0.25, 0.3) is 0 Å². The van der Waals surface area contributed by atoms with Gasteiger partial charge in [0.2, 0.25) is 0 Å². The zero-order valence-corrected chi connectivity index (χ0v) is 19.8. The number of carbonyl (C=O) groups is 1. The molecule has 0 heterocycles. The van der Waals surface area contributed by atoms with Gasteiger partial charge in [0.15, 0.2) is 0 Å². The summed E-state index contributed by atoms with van der Waals surface area (Å²) in [5, 5.41) is 57.0. The summed E-state index contributed by atoms with van der Waals surface area (Å²) in [6.45, 7) is 2.99. The van der Waals surface area contributed by atoms with Crippen LogP contribution >= 0.6 is 0 Å². The topological polar surface area (TPSA) is 159 Å². The second kappa shape index (κ2) is 29.2. The number of rotatable bonds is 18. The third kappa shape index (κ3) is 34.0. The van der Waals surface area contributed by atoms with E-state index in [1.165, 1.54) is 64.2 Å². The number of carboxylic acids is 1. The van der Waals surface area contributed by atoms with Crippen molar-refractivity contribution in [1.82, 2.24) is 0 Å². The van der Waals surface area contributed by atoms with E-state index in [9.17, 15) is 4.79 Å². The van der Waals surface area contributed by atoms with Gasteiger partial charge in [-0.1, -0.05) is 78.1 Å². The van der Waals surface area contributed by atoms with E-state index in [-0.39, 0.29) is 26.4 Å². The normalized spacial score (nSPS) is 11.5. The van der Waals surface area contributed by atoms with E-state index in [0.29, 0.717) is 12.3 Å². The molecule has 0 saturated carbocycles. The largest absolute Gasteiger partial charge is 0.481 e. The fraction of sp³-hybridized carbons (Fsp3) is 0.957. The van der Waals surface area contributed by atoms with Crippen molar-refractivity contribution in [2.75, 3.05) is 26.4 Å². The molecule has 8 heteroatoms. The highest BCUT2D eigenvalue weighted by molar-refractivity contribution is 5.66. The average molecular weight is 455 g/mol. The standard InChI is InChI=1S/C17H34O2.2C3H8O3/c1-3-5-7-9-10-12-14-16(15-17(18)19)13-11-8-6-4-2;2*4-1-3(6)2-5/h16H,3-15H2,1-2H3,(H,18,19);2*3-6H,1-2H2. The summed E-state index contributed by atoms with van der Waals surface area (Å²) in [7, 11) is 0. The van der Waals surface area contributed by atoms with Crippen molar-refractivity contribution in [3.8, 4) is 0 Å². The van der Waals surface area contributed by atoms with Gasteiger partial charge in [-0.3, -0.25) is 4.79 Å². The molecule has 190 valence electrons. The van der Waals surface area contributed by atoms with Crippen molar-refractivity contribution >= 4 is 5.97 Å². The summed E-state index contributed by atoms with van der Waals surface area (Å²) in [5.74, 6) is -0.202. The minimum absolute atomic E-state index is 0.365. The van der Waals surface area contributed by atoms with Crippen molar-refractivity contribution in [2.45, 2.75) is 110 Å². The molecule has 7 N–H and O–H groups in total. The van der Waals surface area contributed by atoms with Crippen molar-refractivity contribution in [2.24, 2.45) is 5.92 Å². The SMILES string of the molecule is CCCCCCCCC(CCCCCC)CC(=O)O.OCC(O)CO.OCC(O)CO. The Morgan fingerprint density at radius 1 is 0.613 bits per heavy atom. The molecule has 8 nitrogen and oxygen atoms in total. The molecular weight excluding hydrogens is 404 g/mol. The smallest absolute Gasteiger partial charge is 0.303 e. The predicted octanol–water partition coefficient (Wildman–Crippen LogP) is 2.46. The Bertz CT molecular complexity index is 324. The monoisotopic (exact) mass is 454 g/mol. The summed E-state index contributed by atoms with van der Waals surface area (Å²) >= 11 is 0. The van der Waals surface area contributed by atoms with Gasteiger partial charge in [-0.25, -0.2) is 0 Å². The van der Waals surface area contributed by atoms with E-state index >= 15 is 0 Å². The highest BCUT2D eigenvalue weighted by Crippen LogP contribution is 2.21. The maximum absolute atomic E-state index is 10.9. The molecule has 0 aliphatic heterocycles. The molecule has 0 aromatic rings. The average Bonchev–Trinajstić information content (AvgIpc) is 2.78. The van der Waals surface area contributed by atoms with Crippen molar-refractivity contribution in [1.29, 1.82) is 0 Å². The molecule has 0 aliphatic carbocycles. The number of unbranched alkanes of at least 4 members (excludes halogenated alkanes) is 8. The van der Waals surface area contributed by atoms with Crippen LogP contribution in [-0.2, 0) is 4.79 Å². The Kier molecular flexibility index (Phi) is 32.8. The summed E-state index contributed by atoms with van der Waals surface area (Å²) in [6, 6.07) is 0. The first-order valence-corrected chi connectivity index (χ1v) is 11.8. The van der Waals surface area contributed by atoms with Crippen molar-refractivity contribution < 1.29 is 40.5 Å². The number of aliphatic hydroxyl groups is 6. The number of carboxylic acid groups (broad SMARTS) is 1. The minimum Gasteiger partial charge on any atom is -0.481 e. The lowest BCUT2D eigenvalue weighted by atomic mass is 9.91. The highest BCUT2D eigenvalue weighted by Gasteiger charge is 2.12. The second-order valence-electron chi connectivity index (χ2n) is 7.91. The first-order chi connectivity index (χ1) is 14.8. The van der Waals surface area contributed by atoms with Gasteiger partial charge in [0.1, 0.15) is 12.2 Å². The Morgan fingerprint density at radius 3 is 1.23 bits per heavy atom. The van der Waals surface area contributed by atoms with Gasteiger partial charge in [-0.15, -0.1) is 0 Å². The predicted molar refractivity (Wildman–Crippen MR) is 123 cm³/mol. The van der Waals surface area contributed by atoms with E-state index in [1.54, 1.807) is 0 Å². The lowest BCUT2D eigenvalue weighted by Crippen LogP contribution is -2.15. The van der Waals surface area contributed by atoms with Gasteiger partial charge < -0.3 is 35.7 Å². The quantitative estimate of drug-likeness (QED) is 0.156. The molecule has 0 saturated heterocycles. The second-order valence-corrected chi connectivity index (χ2v) is 7.91.